The monoisotopic (exact) mass is 460 g/mol. The van der Waals surface area contributed by atoms with Gasteiger partial charge in [-0.1, -0.05) is 0 Å². The Kier molecular flexibility index (Phi) is 8.00. The molecular weight excluding hydrogens is 436 g/mol. The molecule has 0 unspecified atom stereocenters. The Balaban J connectivity index is 2.24. The predicted molar refractivity (Wildman–Crippen MR) is 115 cm³/mol. The minimum absolute atomic E-state index is 0.138. The summed E-state index contributed by atoms with van der Waals surface area (Å²) in [5.41, 5.74) is -1.02. The Labute approximate surface area is 189 Å². The van der Waals surface area contributed by atoms with Crippen molar-refractivity contribution < 1.29 is 33.5 Å². The smallest absolute Gasteiger partial charge is 0.373 e. The first-order valence-corrected chi connectivity index (χ1v) is 9.71. The maximum Gasteiger partial charge on any atom is 0.373 e. The van der Waals surface area contributed by atoms with E-state index in [-0.39, 0.29) is 29.6 Å². The van der Waals surface area contributed by atoms with Gasteiger partial charge in [-0.05, 0) is 45.0 Å². The molecule has 1 aromatic carbocycles. The molecule has 2 rings (SSSR count). The van der Waals surface area contributed by atoms with Crippen LogP contribution in [0.25, 0.3) is 0 Å². The number of Topliss-reactive ketones (excluding diaryl/α,β-unsaturated/α-hetero) is 1. The number of aromatic nitrogens is 2. The first kappa shape index (κ1) is 25.2. The van der Waals surface area contributed by atoms with Crippen LogP contribution in [0.3, 0.4) is 0 Å². The number of ether oxygens (including phenoxy) is 3. The first-order chi connectivity index (χ1) is 15.4. The largest absolute Gasteiger partial charge is 0.469 e. The van der Waals surface area contributed by atoms with Gasteiger partial charge in [0.25, 0.3) is 0 Å². The molecule has 0 spiro atoms. The van der Waals surface area contributed by atoms with Crippen LogP contribution in [-0.2, 0) is 19.1 Å². The van der Waals surface area contributed by atoms with E-state index in [0.29, 0.717) is 0 Å². The molecule has 0 amide bonds. The van der Waals surface area contributed by atoms with E-state index < -0.39 is 40.4 Å². The Morgan fingerprint density at radius 2 is 1.73 bits per heavy atom. The van der Waals surface area contributed by atoms with E-state index in [4.69, 9.17) is 9.47 Å². The molecule has 1 aromatic heterocycles. The third kappa shape index (κ3) is 7.23. The van der Waals surface area contributed by atoms with E-state index in [9.17, 15) is 24.5 Å². The van der Waals surface area contributed by atoms with Crippen LogP contribution in [-0.4, -0.2) is 58.9 Å². The summed E-state index contributed by atoms with van der Waals surface area (Å²) in [6.45, 7) is 4.83. The summed E-state index contributed by atoms with van der Waals surface area (Å²) in [4.78, 5) is 55.4. The van der Waals surface area contributed by atoms with Crippen LogP contribution in [0, 0.1) is 10.1 Å². The summed E-state index contributed by atoms with van der Waals surface area (Å²) in [5, 5.41) is 11.7. The lowest BCUT2D eigenvalue weighted by molar-refractivity contribution is -0.385. The third-order valence-corrected chi connectivity index (χ3v) is 4.02. The van der Waals surface area contributed by atoms with Crippen LogP contribution in [0.2, 0.25) is 0 Å². The van der Waals surface area contributed by atoms with Gasteiger partial charge in [-0.3, -0.25) is 24.5 Å². The minimum atomic E-state index is -0.718. The van der Waals surface area contributed by atoms with Crippen LogP contribution in [0.15, 0.2) is 30.6 Å². The molecule has 0 atom stereocenters. The Bertz CT molecular complexity index is 1050. The predicted octanol–water partition coefficient (Wildman–Crippen LogP) is 2.70. The van der Waals surface area contributed by atoms with Gasteiger partial charge in [-0.15, -0.1) is 0 Å². The van der Waals surface area contributed by atoms with Crippen LogP contribution in [0.5, 0.6) is 11.6 Å². The fraction of sp³-hybridized carbons (Fsp3) is 0.381. The van der Waals surface area contributed by atoms with Gasteiger partial charge >= 0.3 is 23.5 Å². The highest BCUT2D eigenvalue weighted by Gasteiger charge is 2.29. The van der Waals surface area contributed by atoms with E-state index in [1.807, 2.05) is 0 Å². The van der Waals surface area contributed by atoms with E-state index >= 15 is 0 Å². The molecule has 2 aromatic rings. The maximum absolute atomic E-state index is 12.1. The number of ketones is 1. The van der Waals surface area contributed by atoms with Gasteiger partial charge in [0, 0.05) is 12.6 Å². The summed E-state index contributed by atoms with van der Waals surface area (Å²) >= 11 is 0. The summed E-state index contributed by atoms with van der Waals surface area (Å²) in [6, 6.07) is 5.62. The second kappa shape index (κ2) is 10.5. The van der Waals surface area contributed by atoms with Crippen molar-refractivity contribution in [1.82, 2.24) is 9.97 Å². The second-order valence-corrected chi connectivity index (χ2v) is 7.85. The molecule has 12 nitrogen and oxygen atoms in total. The lowest BCUT2D eigenvalue weighted by Crippen LogP contribution is -2.33. The van der Waals surface area contributed by atoms with Crippen molar-refractivity contribution in [3.05, 3.63) is 46.3 Å². The van der Waals surface area contributed by atoms with Gasteiger partial charge < -0.3 is 19.1 Å². The van der Waals surface area contributed by atoms with Gasteiger partial charge in [0.1, 0.15) is 30.6 Å². The van der Waals surface area contributed by atoms with Crippen molar-refractivity contribution in [3.63, 3.8) is 0 Å². The number of methoxy groups -OCH3 is 1. The SMILES string of the molecule is COC(=O)CC(=O)c1ccc(Oc2ncnc(N(C)CC(=O)OC(C)(C)C)c2[N+](=O)[O-])cc1. The molecule has 1 heterocycles. The Hall–Kier alpha value is -4.09. The topological polar surface area (TPSA) is 151 Å². The molecule has 0 N–H and O–H groups in total. The fourth-order valence-corrected chi connectivity index (χ4v) is 2.64. The highest BCUT2D eigenvalue weighted by molar-refractivity contribution is 6.05. The summed E-state index contributed by atoms with van der Waals surface area (Å²) in [7, 11) is 2.63. The van der Waals surface area contributed by atoms with Crippen molar-refractivity contribution in [2.75, 3.05) is 25.6 Å². The molecule has 0 fully saturated rings. The number of esters is 2. The molecule has 0 bridgehead atoms. The van der Waals surface area contributed by atoms with Crippen LogP contribution >= 0.6 is 0 Å². The fourth-order valence-electron chi connectivity index (χ4n) is 2.64. The van der Waals surface area contributed by atoms with Gasteiger partial charge in [0.15, 0.2) is 5.78 Å². The molecule has 0 saturated carbocycles. The molecular formula is C21H24N4O8. The van der Waals surface area contributed by atoms with E-state index in [1.54, 1.807) is 20.8 Å². The zero-order valence-corrected chi connectivity index (χ0v) is 18.9. The summed E-state index contributed by atoms with van der Waals surface area (Å²) in [5.74, 6) is -2.04. The van der Waals surface area contributed by atoms with Crippen molar-refractivity contribution >= 4 is 29.2 Å². The van der Waals surface area contributed by atoms with Crippen LogP contribution in [0.1, 0.15) is 37.6 Å². The van der Waals surface area contributed by atoms with Crippen molar-refractivity contribution in [2.45, 2.75) is 32.8 Å². The van der Waals surface area contributed by atoms with Gasteiger partial charge in [0.05, 0.1) is 12.0 Å². The number of carbonyl (C=O) groups is 3. The average Bonchev–Trinajstić information content (AvgIpc) is 2.72. The van der Waals surface area contributed by atoms with Crippen LogP contribution < -0.4 is 9.64 Å². The summed E-state index contributed by atoms with van der Waals surface area (Å²) < 4.78 is 15.2. The lowest BCUT2D eigenvalue weighted by Gasteiger charge is -2.23. The Morgan fingerprint density at radius 3 is 2.27 bits per heavy atom. The second-order valence-electron chi connectivity index (χ2n) is 7.85. The lowest BCUT2D eigenvalue weighted by atomic mass is 10.1. The average molecular weight is 460 g/mol. The minimum Gasteiger partial charge on any atom is -0.469 e. The van der Waals surface area contributed by atoms with Gasteiger partial charge in [-0.25, -0.2) is 4.98 Å². The first-order valence-electron chi connectivity index (χ1n) is 9.71. The van der Waals surface area contributed by atoms with Crippen molar-refractivity contribution in [3.8, 4) is 11.6 Å². The van der Waals surface area contributed by atoms with E-state index in [2.05, 4.69) is 14.7 Å². The standard InChI is InChI=1S/C21H24N4O8/c1-21(2,3)33-17(28)11-24(4)19-18(25(29)30)20(23-12-22-19)32-14-8-6-13(7-9-14)15(26)10-16(27)31-5/h6-9,12H,10-11H2,1-5H3. The normalized spacial score (nSPS) is 10.8. The molecule has 0 saturated heterocycles. The number of carbonyl (C=O) groups excluding carboxylic acids is 3. The number of likely N-dealkylation sites (N-methyl/N-ethyl adjacent to an activating group) is 1. The summed E-state index contributed by atoms with van der Waals surface area (Å²) in [6.07, 6.45) is 0.652. The number of hydrogen-bond acceptors (Lipinski definition) is 11. The van der Waals surface area contributed by atoms with E-state index in [0.717, 1.165) is 6.33 Å². The number of hydrogen-bond donors (Lipinski definition) is 0. The number of nitro groups is 1. The third-order valence-electron chi connectivity index (χ3n) is 4.02. The van der Waals surface area contributed by atoms with Gasteiger partial charge in [0.2, 0.25) is 5.82 Å². The van der Waals surface area contributed by atoms with Gasteiger partial charge in [-0.2, -0.15) is 4.98 Å². The maximum atomic E-state index is 12.1. The highest BCUT2D eigenvalue weighted by atomic mass is 16.6. The number of benzene rings is 1. The number of nitrogens with zero attached hydrogens (tertiary/aromatic N) is 4. The molecule has 12 heteroatoms. The molecule has 0 radical (unpaired) electrons. The molecule has 176 valence electrons. The number of anilines is 1. The van der Waals surface area contributed by atoms with Crippen LogP contribution in [0.4, 0.5) is 11.5 Å². The van der Waals surface area contributed by atoms with Crippen molar-refractivity contribution in [1.29, 1.82) is 0 Å². The quantitative estimate of drug-likeness (QED) is 0.178. The Morgan fingerprint density at radius 1 is 1.09 bits per heavy atom. The molecule has 0 aliphatic rings. The molecule has 33 heavy (non-hydrogen) atoms. The van der Waals surface area contributed by atoms with Crippen molar-refractivity contribution in [2.24, 2.45) is 0 Å². The zero-order chi connectivity index (χ0) is 24.8. The zero-order valence-electron chi connectivity index (χ0n) is 18.9. The highest BCUT2D eigenvalue weighted by Crippen LogP contribution is 2.35. The molecule has 0 aliphatic heterocycles. The number of rotatable bonds is 9. The molecule has 0 aliphatic carbocycles. The van der Waals surface area contributed by atoms with E-state index in [1.165, 1.54) is 43.3 Å².